The van der Waals surface area contributed by atoms with Gasteiger partial charge in [0.05, 0.1) is 11.7 Å². The largest absolute Gasteiger partial charge is 0.345 e. The molecule has 7 nitrogen and oxygen atoms in total. The van der Waals surface area contributed by atoms with Crippen LogP contribution in [-0.2, 0) is 0 Å². The fourth-order valence-corrected chi connectivity index (χ4v) is 4.36. The molecule has 2 N–H and O–H groups in total. The maximum absolute atomic E-state index is 12.6. The van der Waals surface area contributed by atoms with Gasteiger partial charge in [0.15, 0.2) is 11.3 Å². The van der Waals surface area contributed by atoms with Gasteiger partial charge in [0.2, 0.25) is 0 Å². The quantitative estimate of drug-likeness (QED) is 0.761. The van der Waals surface area contributed by atoms with E-state index in [1.807, 2.05) is 23.4 Å². The summed E-state index contributed by atoms with van der Waals surface area (Å²) in [4.78, 5) is 26.8. The molecule has 1 aliphatic heterocycles. The Bertz CT molecular complexity index is 955. The van der Waals surface area contributed by atoms with Gasteiger partial charge in [-0.3, -0.25) is 4.40 Å². The molecule has 7 heteroatoms. The van der Waals surface area contributed by atoms with Crippen molar-refractivity contribution in [1.29, 1.82) is 0 Å². The van der Waals surface area contributed by atoms with Crippen molar-refractivity contribution in [2.45, 2.75) is 44.6 Å². The Hall–Kier alpha value is -2.57. The van der Waals surface area contributed by atoms with Crippen molar-refractivity contribution in [3.8, 4) is 0 Å². The Morgan fingerprint density at radius 3 is 2.96 bits per heavy atom. The highest BCUT2D eigenvalue weighted by Crippen LogP contribution is 2.36. The normalized spacial score (nSPS) is 23.7. The Morgan fingerprint density at radius 1 is 1.31 bits per heavy atom. The summed E-state index contributed by atoms with van der Waals surface area (Å²) in [5.41, 5.74) is 3.95. The van der Waals surface area contributed by atoms with Crippen LogP contribution in [0.4, 0.5) is 4.79 Å². The van der Waals surface area contributed by atoms with Crippen molar-refractivity contribution in [3.05, 3.63) is 30.4 Å². The van der Waals surface area contributed by atoms with Crippen molar-refractivity contribution < 1.29 is 4.79 Å². The van der Waals surface area contributed by atoms with E-state index in [4.69, 9.17) is 0 Å². The van der Waals surface area contributed by atoms with Crippen LogP contribution >= 0.6 is 0 Å². The van der Waals surface area contributed by atoms with Gasteiger partial charge in [-0.05, 0) is 31.2 Å². The number of likely N-dealkylation sites (tertiary alicyclic amines) is 1. The summed E-state index contributed by atoms with van der Waals surface area (Å²) in [7, 11) is 0. The van der Waals surface area contributed by atoms with Crippen LogP contribution in [0.1, 0.15) is 44.2 Å². The lowest BCUT2D eigenvalue weighted by atomic mass is 9.91. The molecule has 26 heavy (non-hydrogen) atoms. The van der Waals surface area contributed by atoms with Crippen molar-refractivity contribution in [2.75, 3.05) is 13.1 Å². The summed E-state index contributed by atoms with van der Waals surface area (Å²) >= 11 is 0. The molecule has 3 aromatic rings. The molecule has 0 bridgehead atoms. The van der Waals surface area contributed by atoms with Crippen molar-refractivity contribution in [1.82, 2.24) is 29.6 Å². The number of aromatic amines is 1. The second kappa shape index (κ2) is 6.00. The summed E-state index contributed by atoms with van der Waals surface area (Å²) in [6.07, 6.45) is 10.2. The Labute approximate surface area is 151 Å². The molecule has 2 amide bonds. The predicted octanol–water partition coefficient (Wildman–Crippen LogP) is 2.90. The Balaban J connectivity index is 1.47. The van der Waals surface area contributed by atoms with Gasteiger partial charge < -0.3 is 15.2 Å². The number of amides is 2. The van der Waals surface area contributed by atoms with Crippen LogP contribution in [0.5, 0.6) is 0 Å². The predicted molar refractivity (Wildman–Crippen MR) is 99.1 cm³/mol. The molecule has 0 aromatic carbocycles. The van der Waals surface area contributed by atoms with E-state index in [1.165, 1.54) is 12.1 Å². The number of nitrogens with zero attached hydrogens (tertiary/aromatic N) is 4. The fourth-order valence-electron chi connectivity index (χ4n) is 4.36. The maximum Gasteiger partial charge on any atom is 0.317 e. The number of carbonyl (C=O) groups excluding carboxylic acids is 1. The molecule has 1 saturated heterocycles. The van der Waals surface area contributed by atoms with Crippen molar-refractivity contribution >= 4 is 22.8 Å². The molecule has 0 radical (unpaired) electrons. The second-order valence-corrected chi connectivity index (χ2v) is 7.60. The summed E-state index contributed by atoms with van der Waals surface area (Å²) in [5, 5.41) is 3.18. The molecule has 4 heterocycles. The lowest BCUT2D eigenvalue weighted by Crippen LogP contribution is -2.46. The number of nitrogens with one attached hydrogen (secondary N) is 2. The molecule has 0 unspecified atom stereocenters. The third kappa shape index (κ3) is 2.37. The molecule has 1 aliphatic carbocycles. The molecule has 3 aromatic heterocycles. The minimum atomic E-state index is 0.0953. The van der Waals surface area contributed by atoms with Gasteiger partial charge in [-0.25, -0.2) is 14.8 Å². The average molecular weight is 352 g/mol. The van der Waals surface area contributed by atoms with Crippen LogP contribution < -0.4 is 5.32 Å². The number of aromatic nitrogens is 4. The summed E-state index contributed by atoms with van der Waals surface area (Å²) in [6, 6.07) is 2.51. The molecular weight excluding hydrogens is 328 g/mol. The molecule has 2 atom stereocenters. The first kappa shape index (κ1) is 15.7. The fraction of sp³-hybridized carbons (Fsp3) is 0.526. The highest BCUT2D eigenvalue weighted by Gasteiger charge is 2.37. The van der Waals surface area contributed by atoms with Crippen LogP contribution in [0.3, 0.4) is 0 Å². The molecule has 2 fully saturated rings. The SMILES string of the molecule is CC[C@@H]1CN(C(=O)NC2CCC2)C[C@@H]1c1cnc2cnc3[nH]ccc3n12. The van der Waals surface area contributed by atoms with Gasteiger partial charge in [0.1, 0.15) is 0 Å². The summed E-state index contributed by atoms with van der Waals surface area (Å²) in [6.45, 7) is 3.77. The molecule has 1 saturated carbocycles. The highest BCUT2D eigenvalue weighted by molar-refractivity contribution is 5.76. The number of carbonyl (C=O) groups is 1. The zero-order valence-electron chi connectivity index (χ0n) is 15.0. The maximum atomic E-state index is 12.6. The first-order valence-corrected chi connectivity index (χ1v) is 9.59. The number of urea groups is 1. The Kier molecular flexibility index (Phi) is 3.62. The molecule has 0 spiro atoms. The van der Waals surface area contributed by atoms with Crippen LogP contribution in [0.25, 0.3) is 16.8 Å². The molecule has 5 rings (SSSR count). The van der Waals surface area contributed by atoms with E-state index < -0.39 is 0 Å². The molecule has 136 valence electrons. The number of hydrogen-bond donors (Lipinski definition) is 2. The van der Waals surface area contributed by atoms with Gasteiger partial charge in [-0.2, -0.15) is 0 Å². The lowest BCUT2D eigenvalue weighted by Gasteiger charge is -2.29. The van der Waals surface area contributed by atoms with Gasteiger partial charge in [-0.1, -0.05) is 13.3 Å². The van der Waals surface area contributed by atoms with Gasteiger partial charge in [0, 0.05) is 43.1 Å². The van der Waals surface area contributed by atoms with Crippen LogP contribution in [0.15, 0.2) is 24.7 Å². The van der Waals surface area contributed by atoms with E-state index in [0.717, 1.165) is 49.2 Å². The molecule has 2 aliphatic rings. The van der Waals surface area contributed by atoms with E-state index in [-0.39, 0.29) is 6.03 Å². The first-order valence-electron chi connectivity index (χ1n) is 9.59. The van der Waals surface area contributed by atoms with E-state index >= 15 is 0 Å². The van der Waals surface area contributed by atoms with Gasteiger partial charge in [0.25, 0.3) is 0 Å². The smallest absolute Gasteiger partial charge is 0.317 e. The van der Waals surface area contributed by atoms with E-state index in [1.54, 1.807) is 6.20 Å². The highest BCUT2D eigenvalue weighted by atomic mass is 16.2. The van der Waals surface area contributed by atoms with Crippen LogP contribution in [0.2, 0.25) is 0 Å². The van der Waals surface area contributed by atoms with Gasteiger partial charge >= 0.3 is 6.03 Å². The third-order valence-corrected chi connectivity index (χ3v) is 6.14. The van der Waals surface area contributed by atoms with Crippen LogP contribution in [-0.4, -0.2) is 49.4 Å². The number of fused-ring (bicyclic) bond motifs is 3. The van der Waals surface area contributed by atoms with Crippen LogP contribution in [0, 0.1) is 5.92 Å². The second-order valence-electron chi connectivity index (χ2n) is 7.60. The third-order valence-electron chi connectivity index (χ3n) is 6.14. The minimum absolute atomic E-state index is 0.0953. The average Bonchev–Trinajstić information content (AvgIpc) is 3.32. The zero-order chi connectivity index (χ0) is 17.7. The first-order chi connectivity index (χ1) is 12.7. The van der Waals surface area contributed by atoms with Crippen molar-refractivity contribution in [2.24, 2.45) is 5.92 Å². The lowest BCUT2D eigenvalue weighted by molar-refractivity contribution is 0.194. The van der Waals surface area contributed by atoms with E-state index in [9.17, 15) is 4.79 Å². The number of imidazole rings is 1. The standard InChI is InChI=1S/C19H24N6O/c1-2-12-10-24(19(26)23-13-4-3-5-13)11-14(12)16-8-21-17-9-22-18-15(25(16)17)6-7-20-18/h6-9,12-14,20H,2-5,10-11H2,1H3,(H,23,26)/t12-,14+/m1/s1. The minimum Gasteiger partial charge on any atom is -0.345 e. The number of rotatable bonds is 3. The number of hydrogen-bond acceptors (Lipinski definition) is 3. The van der Waals surface area contributed by atoms with Gasteiger partial charge in [-0.15, -0.1) is 0 Å². The molecular formula is C19H24N6O. The Morgan fingerprint density at radius 2 is 2.19 bits per heavy atom. The zero-order valence-corrected chi connectivity index (χ0v) is 15.0. The summed E-state index contributed by atoms with van der Waals surface area (Å²) < 4.78 is 2.19. The monoisotopic (exact) mass is 352 g/mol. The van der Waals surface area contributed by atoms with E-state index in [2.05, 4.69) is 31.6 Å². The topological polar surface area (TPSA) is 78.3 Å². The number of H-pyrrole nitrogens is 1. The van der Waals surface area contributed by atoms with E-state index in [0.29, 0.717) is 17.9 Å². The summed E-state index contributed by atoms with van der Waals surface area (Å²) in [5.74, 6) is 0.742. The van der Waals surface area contributed by atoms with Crippen molar-refractivity contribution in [3.63, 3.8) is 0 Å².